The van der Waals surface area contributed by atoms with Crippen LogP contribution >= 0.6 is 0 Å². The molecule has 1 heterocycles. The Morgan fingerprint density at radius 1 is 0.681 bits per heavy atom. The van der Waals surface area contributed by atoms with Crippen LogP contribution in [0.4, 0.5) is 0 Å². The van der Waals surface area contributed by atoms with Crippen molar-refractivity contribution in [3.05, 3.63) is 108 Å². The minimum Gasteiger partial charge on any atom is -0.469 e. The van der Waals surface area contributed by atoms with Gasteiger partial charge in [-0.05, 0) is 30.4 Å². The topological polar surface area (TPSA) is 102 Å². The fourth-order valence-corrected chi connectivity index (χ4v) is 5.60. The second kappa shape index (κ2) is 20.0. The standard InChI is InChI=1S/C38H48N2O7/c1-45-35(42)33-20-10-11-22-38(36(43)46-2,37(44)47-3)23-12-13-24-39(29-31-16-6-4-7-17-31)25-14-15-26-40(27-21-34(41)28-33)30-32-18-8-5-9-19-32/h4-19,33H,20-30H2,1-3H3/b11-10+,13-12+,15-14+. The molecule has 0 radical (unpaired) electrons. The van der Waals surface area contributed by atoms with Gasteiger partial charge >= 0.3 is 17.9 Å². The van der Waals surface area contributed by atoms with Gasteiger partial charge in [0.1, 0.15) is 5.78 Å². The zero-order valence-corrected chi connectivity index (χ0v) is 27.8. The Morgan fingerprint density at radius 3 is 1.70 bits per heavy atom. The summed E-state index contributed by atoms with van der Waals surface area (Å²) in [6.07, 6.45) is 12.0. The number of ether oxygens (including phenoxy) is 3. The summed E-state index contributed by atoms with van der Waals surface area (Å²) in [7, 11) is 3.78. The average molecular weight is 645 g/mol. The van der Waals surface area contributed by atoms with Gasteiger partial charge in [-0.25, -0.2) is 0 Å². The van der Waals surface area contributed by atoms with Gasteiger partial charge in [0, 0.05) is 52.1 Å². The Kier molecular flexibility index (Phi) is 15.8. The predicted octanol–water partition coefficient (Wildman–Crippen LogP) is 5.31. The molecule has 0 fully saturated rings. The fourth-order valence-electron chi connectivity index (χ4n) is 5.60. The molecule has 0 N–H and O–H groups in total. The lowest BCUT2D eigenvalue weighted by Gasteiger charge is -2.26. The van der Waals surface area contributed by atoms with Crippen molar-refractivity contribution >= 4 is 23.7 Å². The summed E-state index contributed by atoms with van der Waals surface area (Å²) in [6, 6.07) is 20.3. The predicted molar refractivity (Wildman–Crippen MR) is 181 cm³/mol. The minimum absolute atomic E-state index is 0.00341. The van der Waals surface area contributed by atoms with Crippen LogP contribution < -0.4 is 0 Å². The maximum absolute atomic E-state index is 13.2. The molecule has 1 aliphatic heterocycles. The third kappa shape index (κ3) is 12.1. The number of benzene rings is 2. The molecule has 0 saturated carbocycles. The molecule has 3 rings (SSSR count). The van der Waals surface area contributed by atoms with E-state index in [4.69, 9.17) is 14.2 Å². The van der Waals surface area contributed by atoms with Gasteiger partial charge in [-0.1, -0.05) is 97.1 Å². The first-order valence-corrected chi connectivity index (χ1v) is 16.0. The maximum atomic E-state index is 13.2. The molecule has 1 unspecified atom stereocenters. The first kappa shape index (κ1) is 37.1. The first-order chi connectivity index (χ1) is 22.8. The molecule has 0 bridgehead atoms. The van der Waals surface area contributed by atoms with Gasteiger partial charge in [0.2, 0.25) is 0 Å². The summed E-state index contributed by atoms with van der Waals surface area (Å²) in [5, 5.41) is 0. The monoisotopic (exact) mass is 644 g/mol. The molecule has 252 valence electrons. The van der Waals surface area contributed by atoms with E-state index in [1.165, 1.54) is 26.9 Å². The summed E-state index contributed by atoms with van der Waals surface area (Å²) in [5.41, 5.74) is 0.730. The quantitative estimate of drug-likeness (QED) is 0.172. The highest BCUT2D eigenvalue weighted by molar-refractivity contribution is 6.00. The van der Waals surface area contributed by atoms with Crippen molar-refractivity contribution in [2.75, 3.05) is 47.5 Å². The summed E-state index contributed by atoms with van der Waals surface area (Å²) in [5.74, 6) is -2.61. The van der Waals surface area contributed by atoms with Crippen molar-refractivity contribution in [1.29, 1.82) is 0 Å². The van der Waals surface area contributed by atoms with Crippen molar-refractivity contribution in [1.82, 2.24) is 9.80 Å². The molecule has 9 heteroatoms. The first-order valence-electron chi connectivity index (χ1n) is 16.0. The molecule has 0 spiro atoms. The highest BCUT2D eigenvalue weighted by Gasteiger charge is 2.46. The molecule has 0 saturated heterocycles. The number of Topliss-reactive ketones (excluding diaryl/α,β-unsaturated/α-hetero) is 1. The average Bonchev–Trinajstić information content (AvgIpc) is 3.10. The Morgan fingerprint density at radius 2 is 1.17 bits per heavy atom. The SMILES string of the molecule is COC(=O)C1C/C=C/CC(C(=O)OC)(C(=O)OC)C/C=C/CN(Cc2ccccc2)C/C=C/CN(Cc2ccccc2)CCC(=O)C1. The minimum atomic E-state index is -1.60. The van der Waals surface area contributed by atoms with Gasteiger partial charge in [-0.2, -0.15) is 0 Å². The maximum Gasteiger partial charge on any atom is 0.323 e. The molecule has 1 aliphatic rings. The molecule has 47 heavy (non-hydrogen) atoms. The van der Waals surface area contributed by atoms with Crippen LogP contribution in [0.25, 0.3) is 0 Å². The number of ketones is 1. The van der Waals surface area contributed by atoms with Crippen molar-refractivity contribution in [3.8, 4) is 0 Å². The van der Waals surface area contributed by atoms with Gasteiger partial charge in [-0.15, -0.1) is 0 Å². The van der Waals surface area contributed by atoms with Gasteiger partial charge in [0.05, 0.1) is 27.2 Å². The van der Waals surface area contributed by atoms with Crippen LogP contribution in [0.5, 0.6) is 0 Å². The number of esters is 3. The van der Waals surface area contributed by atoms with Crippen molar-refractivity contribution in [2.24, 2.45) is 11.3 Å². The van der Waals surface area contributed by atoms with Crippen LogP contribution in [-0.4, -0.2) is 81.0 Å². The lowest BCUT2D eigenvalue weighted by Crippen LogP contribution is -2.40. The van der Waals surface area contributed by atoms with E-state index in [0.717, 1.165) is 5.56 Å². The molecule has 9 nitrogen and oxygen atoms in total. The van der Waals surface area contributed by atoms with Gasteiger partial charge in [-0.3, -0.25) is 29.0 Å². The molecular weight excluding hydrogens is 596 g/mol. The van der Waals surface area contributed by atoms with Crippen LogP contribution in [0.1, 0.15) is 43.2 Å². The number of allylic oxidation sites excluding steroid dienone is 3. The van der Waals surface area contributed by atoms with E-state index in [2.05, 4.69) is 46.2 Å². The molecule has 0 aliphatic carbocycles. The third-order valence-corrected chi connectivity index (χ3v) is 8.31. The molecular formula is C38H48N2O7. The third-order valence-electron chi connectivity index (χ3n) is 8.31. The van der Waals surface area contributed by atoms with E-state index in [0.29, 0.717) is 39.3 Å². The lowest BCUT2D eigenvalue weighted by atomic mass is 9.80. The van der Waals surface area contributed by atoms with Crippen LogP contribution in [0.2, 0.25) is 0 Å². The molecule has 2 aromatic rings. The van der Waals surface area contributed by atoms with E-state index >= 15 is 0 Å². The number of hydrogen-bond acceptors (Lipinski definition) is 9. The molecule has 2 aromatic carbocycles. The smallest absolute Gasteiger partial charge is 0.323 e. The summed E-state index contributed by atoms with van der Waals surface area (Å²) in [6.45, 7) is 3.85. The zero-order chi connectivity index (χ0) is 33.9. The second-order valence-corrected chi connectivity index (χ2v) is 11.7. The number of carbonyl (C=O) groups is 4. The molecule has 0 aromatic heterocycles. The number of rotatable bonds is 7. The van der Waals surface area contributed by atoms with E-state index in [-0.39, 0.29) is 37.9 Å². The normalized spacial score (nSPS) is 21.1. The number of carbonyl (C=O) groups excluding carboxylic acids is 4. The van der Waals surface area contributed by atoms with Crippen LogP contribution in [0.15, 0.2) is 97.1 Å². The van der Waals surface area contributed by atoms with Crippen molar-refractivity contribution in [2.45, 2.75) is 45.2 Å². The Hall–Kier alpha value is -4.34. The Balaban J connectivity index is 1.91. The number of nitrogens with zero attached hydrogens (tertiary/aromatic N) is 2. The van der Waals surface area contributed by atoms with E-state index in [9.17, 15) is 19.2 Å². The molecule has 1 atom stereocenters. The zero-order valence-electron chi connectivity index (χ0n) is 27.8. The van der Waals surface area contributed by atoms with E-state index < -0.39 is 29.2 Å². The fraction of sp³-hybridized carbons (Fsp3) is 0.421. The lowest BCUT2D eigenvalue weighted by molar-refractivity contribution is -0.168. The van der Waals surface area contributed by atoms with Crippen molar-refractivity contribution in [3.63, 3.8) is 0 Å². The van der Waals surface area contributed by atoms with E-state index in [1.807, 2.05) is 48.6 Å². The summed E-state index contributed by atoms with van der Waals surface area (Å²) in [4.78, 5) is 56.4. The highest BCUT2D eigenvalue weighted by atomic mass is 16.5. The van der Waals surface area contributed by atoms with Gasteiger partial charge in [0.25, 0.3) is 0 Å². The molecule has 0 amide bonds. The van der Waals surface area contributed by atoms with Gasteiger partial charge < -0.3 is 14.2 Å². The van der Waals surface area contributed by atoms with Crippen LogP contribution in [0.3, 0.4) is 0 Å². The number of methoxy groups -OCH3 is 3. The summed E-state index contributed by atoms with van der Waals surface area (Å²) < 4.78 is 15.1. The van der Waals surface area contributed by atoms with Crippen LogP contribution in [0, 0.1) is 11.3 Å². The second-order valence-electron chi connectivity index (χ2n) is 11.7. The van der Waals surface area contributed by atoms with E-state index in [1.54, 1.807) is 12.2 Å². The Bertz CT molecular complexity index is 1350. The van der Waals surface area contributed by atoms with Crippen molar-refractivity contribution < 1.29 is 33.4 Å². The largest absolute Gasteiger partial charge is 0.469 e. The number of hydrogen-bond donors (Lipinski definition) is 0. The highest BCUT2D eigenvalue weighted by Crippen LogP contribution is 2.32. The Labute approximate surface area is 278 Å². The summed E-state index contributed by atoms with van der Waals surface area (Å²) >= 11 is 0. The van der Waals surface area contributed by atoms with Gasteiger partial charge in [0.15, 0.2) is 5.41 Å². The van der Waals surface area contributed by atoms with Crippen LogP contribution in [-0.2, 0) is 46.5 Å².